The summed E-state index contributed by atoms with van der Waals surface area (Å²) >= 11 is 6.17. The fraction of sp³-hybridized carbons (Fsp3) is 0.297. The van der Waals surface area contributed by atoms with Crippen LogP contribution in [0.3, 0.4) is 0 Å². The first-order valence-corrected chi connectivity index (χ1v) is 17.3. The summed E-state index contributed by atoms with van der Waals surface area (Å²) in [6, 6.07) is 27.6. The predicted molar refractivity (Wildman–Crippen MR) is 185 cm³/mol. The fourth-order valence-electron chi connectivity index (χ4n) is 5.12. The maximum atomic E-state index is 14.6. The Bertz CT molecular complexity index is 1740. The second kappa shape index (κ2) is 15.4. The van der Waals surface area contributed by atoms with Gasteiger partial charge in [0.05, 0.1) is 10.6 Å². The molecule has 0 radical (unpaired) electrons. The summed E-state index contributed by atoms with van der Waals surface area (Å²) in [6.45, 7) is 9.05. The van der Waals surface area contributed by atoms with Crippen LogP contribution >= 0.6 is 11.6 Å². The van der Waals surface area contributed by atoms with Crippen molar-refractivity contribution in [3.8, 4) is 0 Å². The minimum Gasteiger partial charge on any atom is -0.352 e. The molecule has 4 aromatic rings. The maximum Gasteiger partial charge on any atom is 0.264 e. The van der Waals surface area contributed by atoms with Crippen molar-refractivity contribution in [2.75, 3.05) is 10.8 Å². The van der Waals surface area contributed by atoms with Crippen molar-refractivity contribution in [1.82, 2.24) is 10.2 Å². The quantitative estimate of drug-likeness (QED) is 0.167. The first-order chi connectivity index (χ1) is 21.9. The number of amides is 2. The van der Waals surface area contributed by atoms with E-state index in [1.807, 2.05) is 77.1 Å². The Morgan fingerprint density at radius 2 is 1.46 bits per heavy atom. The Morgan fingerprint density at radius 3 is 2.09 bits per heavy atom. The number of benzene rings is 4. The maximum absolute atomic E-state index is 14.6. The van der Waals surface area contributed by atoms with Gasteiger partial charge in [0.25, 0.3) is 10.0 Å². The smallest absolute Gasteiger partial charge is 0.264 e. The van der Waals surface area contributed by atoms with Gasteiger partial charge in [0.1, 0.15) is 12.6 Å². The van der Waals surface area contributed by atoms with Gasteiger partial charge in [-0.1, -0.05) is 90.8 Å². The van der Waals surface area contributed by atoms with Crippen molar-refractivity contribution in [2.24, 2.45) is 0 Å². The lowest BCUT2D eigenvalue weighted by Crippen LogP contribution is -2.54. The van der Waals surface area contributed by atoms with E-state index in [1.54, 1.807) is 54.6 Å². The third-order valence-electron chi connectivity index (χ3n) is 8.06. The molecule has 0 fully saturated rings. The van der Waals surface area contributed by atoms with Gasteiger partial charge < -0.3 is 10.2 Å². The average Bonchev–Trinajstić information content (AvgIpc) is 3.04. The molecular weight excluding hydrogens is 618 g/mol. The van der Waals surface area contributed by atoms with Crippen molar-refractivity contribution >= 4 is 39.1 Å². The van der Waals surface area contributed by atoms with Gasteiger partial charge in [0.2, 0.25) is 11.8 Å². The standard InChI is InChI=1S/C37H42ClN3O4S/c1-6-29(5)39-37(43)35(23-30-10-8-7-9-11-30)40(24-31-16-18-32(38)19-17-31)36(42)25-41(34-22-27(3)12-15-28(34)4)46(44,45)33-20-13-26(2)14-21-33/h7-22,29,35H,6,23-25H2,1-5H3,(H,39,43)/t29-,35+/m1/s1. The monoisotopic (exact) mass is 659 g/mol. The number of nitrogens with one attached hydrogen (secondary N) is 1. The van der Waals surface area contributed by atoms with Crippen LogP contribution in [0.25, 0.3) is 0 Å². The first kappa shape index (κ1) is 34.7. The van der Waals surface area contributed by atoms with E-state index in [4.69, 9.17) is 11.6 Å². The van der Waals surface area contributed by atoms with Crippen LogP contribution in [0, 0.1) is 20.8 Å². The highest BCUT2D eigenvalue weighted by atomic mass is 35.5. The van der Waals surface area contributed by atoms with E-state index >= 15 is 0 Å². The number of hydrogen-bond donors (Lipinski definition) is 1. The van der Waals surface area contributed by atoms with Gasteiger partial charge >= 0.3 is 0 Å². The minimum atomic E-state index is -4.18. The van der Waals surface area contributed by atoms with Gasteiger partial charge in [-0.05, 0) is 86.7 Å². The van der Waals surface area contributed by atoms with Gasteiger partial charge in [0.15, 0.2) is 0 Å². The second-order valence-electron chi connectivity index (χ2n) is 11.8. The van der Waals surface area contributed by atoms with Gasteiger partial charge in [-0.2, -0.15) is 0 Å². The molecule has 4 rings (SSSR count). The molecule has 9 heteroatoms. The normalized spacial score (nSPS) is 12.7. The summed E-state index contributed by atoms with van der Waals surface area (Å²) < 4.78 is 29.8. The molecule has 7 nitrogen and oxygen atoms in total. The predicted octanol–water partition coefficient (Wildman–Crippen LogP) is 7.02. The third kappa shape index (κ3) is 8.77. The van der Waals surface area contributed by atoms with Crippen LogP contribution in [0.1, 0.15) is 48.1 Å². The molecule has 0 unspecified atom stereocenters. The van der Waals surface area contributed by atoms with E-state index in [9.17, 15) is 18.0 Å². The number of nitrogens with zero attached hydrogens (tertiary/aromatic N) is 2. The molecule has 2 amide bonds. The molecule has 0 bridgehead atoms. The average molecular weight is 660 g/mol. The number of aryl methyl sites for hydroxylation is 3. The van der Waals surface area contributed by atoms with Crippen molar-refractivity contribution in [2.45, 2.75) is 71.0 Å². The molecule has 1 N–H and O–H groups in total. The molecule has 0 saturated carbocycles. The lowest BCUT2D eigenvalue weighted by atomic mass is 10.0. The molecule has 0 heterocycles. The van der Waals surface area contributed by atoms with Crippen LogP contribution < -0.4 is 9.62 Å². The van der Waals surface area contributed by atoms with E-state index in [-0.39, 0.29) is 29.8 Å². The van der Waals surface area contributed by atoms with Crippen molar-refractivity contribution in [3.63, 3.8) is 0 Å². The third-order valence-corrected chi connectivity index (χ3v) is 10.1. The number of carbonyl (C=O) groups is 2. The van der Waals surface area contributed by atoms with Gasteiger partial charge in [-0.3, -0.25) is 13.9 Å². The van der Waals surface area contributed by atoms with Crippen molar-refractivity contribution in [1.29, 1.82) is 0 Å². The Balaban J connectivity index is 1.83. The van der Waals surface area contributed by atoms with E-state index < -0.39 is 28.5 Å². The highest BCUT2D eigenvalue weighted by molar-refractivity contribution is 7.92. The van der Waals surface area contributed by atoms with Gasteiger partial charge in [-0.15, -0.1) is 0 Å². The zero-order chi connectivity index (χ0) is 33.4. The Labute approximate surface area is 278 Å². The van der Waals surface area contributed by atoms with Crippen LogP contribution in [0.5, 0.6) is 0 Å². The number of hydrogen-bond acceptors (Lipinski definition) is 4. The summed E-state index contributed by atoms with van der Waals surface area (Å²) in [5, 5.41) is 3.60. The molecule has 0 saturated heterocycles. The largest absolute Gasteiger partial charge is 0.352 e. The Hall–Kier alpha value is -4.14. The molecule has 242 valence electrons. The van der Waals surface area contributed by atoms with Gasteiger partial charge in [0, 0.05) is 24.0 Å². The summed E-state index contributed by atoms with van der Waals surface area (Å²) in [4.78, 5) is 30.2. The number of rotatable bonds is 13. The minimum absolute atomic E-state index is 0.0754. The molecule has 0 aliphatic rings. The summed E-state index contributed by atoms with van der Waals surface area (Å²) in [5.74, 6) is -0.813. The second-order valence-corrected chi connectivity index (χ2v) is 14.1. The highest BCUT2D eigenvalue weighted by Gasteiger charge is 2.35. The van der Waals surface area contributed by atoms with E-state index in [2.05, 4.69) is 5.32 Å². The molecule has 2 atom stereocenters. The number of carbonyl (C=O) groups excluding carboxylic acids is 2. The molecule has 0 aliphatic carbocycles. The summed E-state index contributed by atoms with van der Waals surface area (Å²) in [7, 11) is -4.18. The van der Waals surface area contributed by atoms with Crippen molar-refractivity contribution < 1.29 is 18.0 Å². The first-order valence-electron chi connectivity index (χ1n) is 15.4. The number of sulfonamides is 1. The SMILES string of the molecule is CC[C@@H](C)NC(=O)[C@H](Cc1ccccc1)N(Cc1ccc(Cl)cc1)C(=O)CN(c1cc(C)ccc1C)S(=O)(=O)c1ccc(C)cc1. The molecule has 46 heavy (non-hydrogen) atoms. The van der Waals surface area contributed by atoms with Gasteiger partial charge in [-0.25, -0.2) is 8.42 Å². The number of anilines is 1. The number of halogens is 1. The van der Waals surface area contributed by atoms with E-state index in [0.717, 1.165) is 22.3 Å². The fourth-order valence-corrected chi connectivity index (χ4v) is 6.72. The zero-order valence-corrected chi connectivity index (χ0v) is 28.6. The highest BCUT2D eigenvalue weighted by Crippen LogP contribution is 2.29. The lowest BCUT2D eigenvalue weighted by molar-refractivity contribution is -0.140. The van der Waals surface area contributed by atoms with Crippen LogP contribution in [0.2, 0.25) is 5.02 Å². The van der Waals surface area contributed by atoms with Crippen LogP contribution in [0.15, 0.2) is 102 Å². The Kier molecular flexibility index (Phi) is 11.7. The van der Waals surface area contributed by atoms with Crippen LogP contribution in [-0.4, -0.2) is 43.8 Å². The summed E-state index contributed by atoms with van der Waals surface area (Å²) in [6.07, 6.45) is 0.959. The zero-order valence-electron chi connectivity index (χ0n) is 27.0. The molecule has 0 aromatic heterocycles. The molecular formula is C37H42ClN3O4S. The van der Waals surface area contributed by atoms with Crippen molar-refractivity contribution in [3.05, 3.63) is 130 Å². The summed E-state index contributed by atoms with van der Waals surface area (Å²) in [5.41, 5.74) is 4.51. The van der Waals surface area contributed by atoms with Crippen LogP contribution in [-0.2, 0) is 32.6 Å². The van der Waals surface area contributed by atoms with Crippen LogP contribution in [0.4, 0.5) is 5.69 Å². The van der Waals surface area contributed by atoms with E-state index in [1.165, 1.54) is 9.21 Å². The lowest BCUT2D eigenvalue weighted by Gasteiger charge is -2.34. The Morgan fingerprint density at radius 1 is 0.826 bits per heavy atom. The molecule has 0 aliphatic heterocycles. The molecule has 0 spiro atoms. The van der Waals surface area contributed by atoms with E-state index in [0.29, 0.717) is 22.7 Å². The molecule has 4 aromatic carbocycles. The topological polar surface area (TPSA) is 86.8 Å².